The van der Waals surface area contributed by atoms with Gasteiger partial charge >= 0.3 is 0 Å². The van der Waals surface area contributed by atoms with Crippen LogP contribution in [0.2, 0.25) is 0 Å². The van der Waals surface area contributed by atoms with Crippen LogP contribution in [0.4, 0.5) is 10.2 Å². The Labute approximate surface area is 137 Å². The van der Waals surface area contributed by atoms with Gasteiger partial charge in [-0.1, -0.05) is 6.92 Å². The molecule has 0 aliphatic heterocycles. The monoisotopic (exact) mass is 401 g/mol. The quantitative estimate of drug-likeness (QED) is 0.769. The zero-order valence-electron chi connectivity index (χ0n) is 12.2. The predicted octanol–water partition coefficient (Wildman–Crippen LogP) is 4.03. The molecular weight excluding hydrogens is 384 g/mol. The third kappa shape index (κ3) is 3.61. The Balaban J connectivity index is 2.46. The number of aryl methyl sites for hydroxylation is 1. The van der Waals surface area contributed by atoms with Crippen molar-refractivity contribution in [1.29, 1.82) is 0 Å². The molecule has 2 aromatic rings. The molecule has 0 amide bonds. The summed E-state index contributed by atoms with van der Waals surface area (Å²) < 4.78 is 19.5. The first-order valence-electron chi connectivity index (χ1n) is 6.68. The van der Waals surface area contributed by atoms with Gasteiger partial charge in [0.25, 0.3) is 0 Å². The summed E-state index contributed by atoms with van der Waals surface area (Å²) in [5.41, 5.74) is 1.62. The Morgan fingerprint density at radius 3 is 2.76 bits per heavy atom. The molecule has 0 saturated carbocycles. The van der Waals surface area contributed by atoms with Crippen LogP contribution >= 0.6 is 22.6 Å². The summed E-state index contributed by atoms with van der Waals surface area (Å²) in [6.45, 7) is 4.88. The smallest absolute Gasteiger partial charge is 0.165 e. The van der Waals surface area contributed by atoms with Gasteiger partial charge in [0.2, 0.25) is 0 Å². The molecular formula is C15H17FIN3O. The maximum atomic E-state index is 13.5. The predicted molar refractivity (Wildman–Crippen MR) is 90.2 cm³/mol. The molecule has 21 heavy (non-hydrogen) atoms. The second-order valence-electron chi connectivity index (χ2n) is 4.57. The summed E-state index contributed by atoms with van der Waals surface area (Å²) in [6.07, 6.45) is 1.01. The van der Waals surface area contributed by atoms with Crippen LogP contribution in [0.1, 0.15) is 19.0 Å². The van der Waals surface area contributed by atoms with Gasteiger partial charge in [-0.15, -0.1) is 0 Å². The van der Waals surface area contributed by atoms with E-state index in [2.05, 4.69) is 44.8 Å². The number of nitrogens with zero attached hydrogens (tertiary/aromatic N) is 2. The van der Waals surface area contributed by atoms with E-state index in [-0.39, 0.29) is 5.75 Å². The van der Waals surface area contributed by atoms with Gasteiger partial charge in [0.05, 0.1) is 16.4 Å². The summed E-state index contributed by atoms with van der Waals surface area (Å²) in [5, 5.41) is 3.29. The largest absolute Gasteiger partial charge is 0.494 e. The number of ether oxygens (including phenoxy) is 1. The van der Waals surface area contributed by atoms with E-state index in [1.165, 1.54) is 13.2 Å². The van der Waals surface area contributed by atoms with Crippen molar-refractivity contribution in [3.63, 3.8) is 0 Å². The Kier molecular flexibility index (Phi) is 5.33. The van der Waals surface area contributed by atoms with Crippen molar-refractivity contribution >= 4 is 28.4 Å². The zero-order chi connectivity index (χ0) is 15.4. The van der Waals surface area contributed by atoms with Crippen LogP contribution in [0, 0.1) is 16.3 Å². The lowest BCUT2D eigenvalue weighted by atomic mass is 10.2. The number of benzene rings is 1. The summed E-state index contributed by atoms with van der Waals surface area (Å²) in [5.74, 6) is 1.16. The summed E-state index contributed by atoms with van der Waals surface area (Å²) in [6, 6.07) is 4.63. The first-order valence-corrected chi connectivity index (χ1v) is 7.76. The Morgan fingerprint density at radius 2 is 2.10 bits per heavy atom. The minimum atomic E-state index is -0.396. The maximum absolute atomic E-state index is 13.5. The summed E-state index contributed by atoms with van der Waals surface area (Å²) in [7, 11) is 1.44. The van der Waals surface area contributed by atoms with Gasteiger partial charge in [-0.3, -0.25) is 0 Å². The highest BCUT2D eigenvalue weighted by molar-refractivity contribution is 14.1. The third-order valence-corrected chi connectivity index (χ3v) is 4.26. The standard InChI is InChI=1S/C15H17FIN3O/c1-4-7-18-15-13(17)9(2)19-14(20-15)10-5-6-11(16)12(8-10)21-3/h5-6,8H,4,7H2,1-3H3,(H,18,19,20). The van der Waals surface area contributed by atoms with Crippen molar-refractivity contribution in [1.82, 2.24) is 9.97 Å². The van der Waals surface area contributed by atoms with E-state index in [0.717, 1.165) is 33.6 Å². The molecule has 0 radical (unpaired) electrons. The molecule has 1 aromatic heterocycles. The van der Waals surface area contributed by atoms with Crippen LogP contribution < -0.4 is 10.1 Å². The van der Waals surface area contributed by atoms with Gasteiger partial charge in [0.1, 0.15) is 5.82 Å². The molecule has 1 N–H and O–H groups in total. The van der Waals surface area contributed by atoms with E-state index in [0.29, 0.717) is 5.82 Å². The maximum Gasteiger partial charge on any atom is 0.165 e. The van der Waals surface area contributed by atoms with Crippen LogP contribution in [-0.4, -0.2) is 23.6 Å². The number of halogens is 2. The number of hydrogen-bond donors (Lipinski definition) is 1. The number of nitrogens with one attached hydrogen (secondary N) is 1. The normalized spacial score (nSPS) is 10.5. The molecule has 0 bridgehead atoms. The van der Waals surface area contributed by atoms with Crippen LogP contribution in [0.5, 0.6) is 5.75 Å². The average Bonchev–Trinajstić information content (AvgIpc) is 2.49. The summed E-state index contributed by atoms with van der Waals surface area (Å²) in [4.78, 5) is 9.02. The molecule has 0 aliphatic rings. The van der Waals surface area contributed by atoms with Crippen LogP contribution in [0.3, 0.4) is 0 Å². The highest BCUT2D eigenvalue weighted by atomic mass is 127. The van der Waals surface area contributed by atoms with Gasteiger partial charge in [-0.05, 0) is 54.1 Å². The van der Waals surface area contributed by atoms with Crippen molar-refractivity contribution in [2.45, 2.75) is 20.3 Å². The number of rotatable bonds is 5. The van der Waals surface area contributed by atoms with Crippen molar-refractivity contribution < 1.29 is 9.13 Å². The van der Waals surface area contributed by atoms with Crippen molar-refractivity contribution in [3.05, 3.63) is 33.3 Å². The molecule has 0 fully saturated rings. The number of aromatic nitrogens is 2. The molecule has 0 atom stereocenters. The molecule has 0 unspecified atom stereocenters. The third-order valence-electron chi connectivity index (χ3n) is 2.97. The number of anilines is 1. The second kappa shape index (κ2) is 7.02. The fourth-order valence-electron chi connectivity index (χ4n) is 1.85. The molecule has 1 heterocycles. The molecule has 0 spiro atoms. The van der Waals surface area contributed by atoms with Gasteiger partial charge in [-0.2, -0.15) is 0 Å². The molecule has 1 aromatic carbocycles. The van der Waals surface area contributed by atoms with Gasteiger partial charge in [-0.25, -0.2) is 14.4 Å². The van der Waals surface area contributed by atoms with E-state index in [1.807, 2.05) is 6.92 Å². The first kappa shape index (κ1) is 15.9. The van der Waals surface area contributed by atoms with Crippen molar-refractivity contribution in [3.8, 4) is 17.1 Å². The molecule has 6 heteroatoms. The molecule has 112 valence electrons. The zero-order valence-corrected chi connectivity index (χ0v) is 14.4. The van der Waals surface area contributed by atoms with Gasteiger partial charge < -0.3 is 10.1 Å². The van der Waals surface area contributed by atoms with E-state index in [4.69, 9.17) is 4.74 Å². The lowest BCUT2D eigenvalue weighted by Crippen LogP contribution is -2.07. The Hall–Kier alpha value is -1.44. The Bertz CT molecular complexity index is 649. The Morgan fingerprint density at radius 1 is 1.33 bits per heavy atom. The molecule has 4 nitrogen and oxygen atoms in total. The molecule has 0 saturated heterocycles. The number of hydrogen-bond acceptors (Lipinski definition) is 4. The SMILES string of the molecule is CCCNc1nc(-c2ccc(F)c(OC)c2)nc(C)c1I. The minimum absolute atomic E-state index is 0.190. The van der Waals surface area contributed by atoms with Crippen LogP contribution in [0.25, 0.3) is 11.4 Å². The van der Waals surface area contributed by atoms with Crippen molar-refractivity contribution in [2.75, 3.05) is 19.0 Å². The second-order valence-corrected chi connectivity index (χ2v) is 5.65. The van der Waals surface area contributed by atoms with Crippen LogP contribution in [0.15, 0.2) is 18.2 Å². The molecule has 0 aliphatic carbocycles. The van der Waals surface area contributed by atoms with E-state index in [1.54, 1.807) is 12.1 Å². The lowest BCUT2D eigenvalue weighted by Gasteiger charge is -2.11. The van der Waals surface area contributed by atoms with Gasteiger partial charge in [0.15, 0.2) is 17.4 Å². The van der Waals surface area contributed by atoms with E-state index >= 15 is 0 Å². The minimum Gasteiger partial charge on any atom is -0.494 e. The van der Waals surface area contributed by atoms with E-state index < -0.39 is 5.82 Å². The first-order chi connectivity index (χ1) is 10.1. The average molecular weight is 401 g/mol. The molecule has 2 rings (SSSR count). The van der Waals surface area contributed by atoms with Crippen molar-refractivity contribution in [2.24, 2.45) is 0 Å². The van der Waals surface area contributed by atoms with Crippen LogP contribution in [-0.2, 0) is 0 Å². The lowest BCUT2D eigenvalue weighted by molar-refractivity contribution is 0.387. The highest BCUT2D eigenvalue weighted by Crippen LogP contribution is 2.27. The highest BCUT2D eigenvalue weighted by Gasteiger charge is 2.12. The summed E-state index contributed by atoms with van der Waals surface area (Å²) >= 11 is 2.23. The van der Waals surface area contributed by atoms with E-state index in [9.17, 15) is 4.39 Å². The number of methoxy groups -OCH3 is 1. The van der Waals surface area contributed by atoms with Gasteiger partial charge in [0, 0.05) is 12.1 Å². The topological polar surface area (TPSA) is 47.0 Å². The fraction of sp³-hybridized carbons (Fsp3) is 0.333. The fourth-order valence-corrected chi connectivity index (χ4v) is 2.28.